The molecule has 8 heteroatoms. The van der Waals surface area contributed by atoms with Crippen LogP contribution in [-0.2, 0) is 6.54 Å². The van der Waals surface area contributed by atoms with Crippen LogP contribution in [-0.4, -0.2) is 54.4 Å². The van der Waals surface area contributed by atoms with Crippen molar-refractivity contribution in [3.63, 3.8) is 0 Å². The number of halogens is 2. The Labute approximate surface area is 159 Å². The molecule has 0 aliphatic rings. The highest BCUT2D eigenvalue weighted by Gasteiger charge is 2.22. The van der Waals surface area contributed by atoms with Gasteiger partial charge in [-0.25, -0.2) is 8.78 Å². The Morgan fingerprint density at radius 2 is 1.96 bits per heavy atom. The summed E-state index contributed by atoms with van der Waals surface area (Å²) < 4.78 is 30.2. The Morgan fingerprint density at radius 3 is 2.56 bits per heavy atom. The normalized spacial score (nSPS) is 13.0. The SMILES string of the molecule is CCNC(=NCC(c1c(F)cccc1F)N(C)C)NCCCn1cccn1. The topological polar surface area (TPSA) is 57.5 Å². The van der Waals surface area contributed by atoms with Gasteiger partial charge in [0.1, 0.15) is 11.6 Å². The maximum absolute atomic E-state index is 14.2. The lowest BCUT2D eigenvalue weighted by Gasteiger charge is -2.24. The number of nitrogens with one attached hydrogen (secondary N) is 2. The number of aryl methyl sites for hydroxylation is 1. The van der Waals surface area contributed by atoms with Crippen LogP contribution in [0.5, 0.6) is 0 Å². The summed E-state index contributed by atoms with van der Waals surface area (Å²) in [5, 5.41) is 10.6. The van der Waals surface area contributed by atoms with Gasteiger partial charge in [0.05, 0.1) is 12.6 Å². The molecule has 6 nitrogen and oxygen atoms in total. The summed E-state index contributed by atoms with van der Waals surface area (Å²) in [4.78, 5) is 6.30. The Morgan fingerprint density at radius 1 is 1.22 bits per heavy atom. The first-order chi connectivity index (χ1) is 13.0. The number of hydrogen-bond acceptors (Lipinski definition) is 3. The van der Waals surface area contributed by atoms with E-state index in [1.54, 1.807) is 25.2 Å². The molecule has 1 aromatic carbocycles. The van der Waals surface area contributed by atoms with Crippen molar-refractivity contribution in [1.82, 2.24) is 25.3 Å². The van der Waals surface area contributed by atoms with Crippen molar-refractivity contribution >= 4 is 5.96 Å². The van der Waals surface area contributed by atoms with Crippen molar-refractivity contribution in [2.24, 2.45) is 4.99 Å². The van der Waals surface area contributed by atoms with Gasteiger partial charge in [0.2, 0.25) is 0 Å². The molecule has 0 bridgehead atoms. The van der Waals surface area contributed by atoms with Crippen LogP contribution in [0.4, 0.5) is 8.78 Å². The zero-order valence-electron chi connectivity index (χ0n) is 16.1. The maximum atomic E-state index is 14.2. The molecule has 148 valence electrons. The molecule has 0 aliphatic carbocycles. The van der Waals surface area contributed by atoms with Gasteiger partial charge < -0.3 is 15.5 Å². The summed E-state index contributed by atoms with van der Waals surface area (Å²) in [6.45, 7) is 4.43. The number of hydrogen-bond donors (Lipinski definition) is 2. The van der Waals surface area contributed by atoms with Gasteiger partial charge >= 0.3 is 0 Å². The molecule has 0 fully saturated rings. The van der Waals surface area contributed by atoms with Crippen molar-refractivity contribution < 1.29 is 8.78 Å². The van der Waals surface area contributed by atoms with Crippen LogP contribution in [0.1, 0.15) is 24.9 Å². The van der Waals surface area contributed by atoms with Gasteiger partial charge in [-0.15, -0.1) is 0 Å². The van der Waals surface area contributed by atoms with Crippen molar-refractivity contribution in [1.29, 1.82) is 0 Å². The molecule has 0 saturated carbocycles. The summed E-state index contributed by atoms with van der Waals surface area (Å²) in [6, 6.07) is 5.32. The first-order valence-electron chi connectivity index (χ1n) is 9.12. The minimum absolute atomic E-state index is 0.0424. The summed E-state index contributed by atoms with van der Waals surface area (Å²) in [5.74, 6) is -0.483. The molecule has 2 rings (SSSR count). The molecule has 1 aromatic heterocycles. The third-order valence-electron chi connectivity index (χ3n) is 4.14. The fourth-order valence-electron chi connectivity index (χ4n) is 2.74. The number of likely N-dealkylation sites (N-methyl/N-ethyl adjacent to an activating group) is 1. The molecule has 1 unspecified atom stereocenters. The zero-order chi connectivity index (χ0) is 19.6. The quantitative estimate of drug-likeness (QED) is 0.400. The standard InChI is InChI=1S/C19H28F2N6/c1-4-22-19(23-10-6-12-27-13-7-11-25-27)24-14-17(26(2)3)18-15(20)8-5-9-16(18)21/h5,7-9,11,13,17H,4,6,10,12,14H2,1-3H3,(H2,22,23,24). The first-order valence-corrected chi connectivity index (χ1v) is 9.12. The lowest BCUT2D eigenvalue weighted by Crippen LogP contribution is -2.39. The zero-order valence-corrected chi connectivity index (χ0v) is 16.1. The van der Waals surface area contributed by atoms with Crippen LogP contribution >= 0.6 is 0 Å². The summed E-state index contributed by atoms with van der Waals surface area (Å²) >= 11 is 0. The Bertz CT molecular complexity index is 695. The van der Waals surface area contributed by atoms with Gasteiger partial charge in [-0.05, 0) is 45.6 Å². The average molecular weight is 378 g/mol. The molecule has 1 atom stereocenters. The molecule has 27 heavy (non-hydrogen) atoms. The van der Waals surface area contributed by atoms with Crippen molar-refractivity contribution in [2.75, 3.05) is 33.7 Å². The maximum Gasteiger partial charge on any atom is 0.191 e. The van der Waals surface area contributed by atoms with E-state index in [2.05, 4.69) is 20.7 Å². The smallest absolute Gasteiger partial charge is 0.191 e. The summed E-state index contributed by atoms with van der Waals surface area (Å²) in [5.41, 5.74) is 0.0424. The highest BCUT2D eigenvalue weighted by molar-refractivity contribution is 5.79. The predicted octanol–water partition coefficient (Wildman–Crippen LogP) is 2.41. The molecular weight excluding hydrogens is 350 g/mol. The van der Waals surface area contributed by atoms with E-state index in [4.69, 9.17) is 0 Å². The number of guanidine groups is 1. The lowest BCUT2D eigenvalue weighted by atomic mass is 10.0. The third-order valence-corrected chi connectivity index (χ3v) is 4.14. The summed E-state index contributed by atoms with van der Waals surface area (Å²) in [7, 11) is 3.58. The van der Waals surface area contributed by atoms with E-state index in [-0.39, 0.29) is 12.1 Å². The van der Waals surface area contributed by atoms with Crippen LogP contribution < -0.4 is 10.6 Å². The Kier molecular flexibility index (Phi) is 8.19. The number of aliphatic imine (C=N–C) groups is 1. The van der Waals surface area contributed by atoms with Crippen molar-refractivity contribution in [3.05, 3.63) is 53.9 Å². The van der Waals surface area contributed by atoms with Gasteiger partial charge in [0, 0.05) is 37.6 Å². The molecular formula is C19H28F2N6. The van der Waals surface area contributed by atoms with E-state index in [0.717, 1.165) is 13.0 Å². The number of nitrogens with zero attached hydrogens (tertiary/aromatic N) is 4. The minimum Gasteiger partial charge on any atom is -0.357 e. The monoisotopic (exact) mass is 378 g/mol. The molecule has 2 aromatic rings. The molecule has 2 N–H and O–H groups in total. The van der Waals surface area contributed by atoms with E-state index in [1.165, 1.54) is 18.2 Å². The first kappa shape index (κ1) is 20.8. The molecule has 0 aliphatic heterocycles. The fourth-order valence-corrected chi connectivity index (χ4v) is 2.74. The number of aromatic nitrogens is 2. The van der Waals surface area contributed by atoms with Gasteiger partial charge in [-0.2, -0.15) is 5.10 Å². The molecule has 0 radical (unpaired) electrons. The average Bonchev–Trinajstić information content (AvgIpc) is 3.14. The predicted molar refractivity (Wildman–Crippen MR) is 104 cm³/mol. The van der Waals surface area contributed by atoms with Crippen molar-refractivity contribution in [3.8, 4) is 0 Å². The van der Waals surface area contributed by atoms with Gasteiger partial charge in [0.15, 0.2) is 5.96 Å². The molecule has 1 heterocycles. The highest BCUT2D eigenvalue weighted by atomic mass is 19.1. The third kappa shape index (κ3) is 6.32. The second-order valence-electron chi connectivity index (χ2n) is 6.38. The van der Waals surface area contributed by atoms with Crippen LogP contribution in [0.25, 0.3) is 0 Å². The fraction of sp³-hybridized carbons (Fsp3) is 0.474. The van der Waals surface area contributed by atoms with Gasteiger partial charge in [-0.1, -0.05) is 6.07 Å². The van der Waals surface area contributed by atoms with Crippen LogP contribution in [0.15, 0.2) is 41.7 Å². The van der Waals surface area contributed by atoms with Crippen molar-refractivity contribution in [2.45, 2.75) is 25.9 Å². The lowest BCUT2D eigenvalue weighted by molar-refractivity contribution is 0.290. The number of rotatable bonds is 9. The second kappa shape index (κ2) is 10.6. The van der Waals surface area contributed by atoms with E-state index in [9.17, 15) is 8.78 Å². The largest absolute Gasteiger partial charge is 0.357 e. The summed E-state index contributed by atoms with van der Waals surface area (Å²) in [6.07, 6.45) is 4.55. The molecule has 0 spiro atoms. The highest BCUT2D eigenvalue weighted by Crippen LogP contribution is 2.24. The van der Waals surface area contributed by atoms with Crippen LogP contribution in [0.3, 0.4) is 0 Å². The Hall–Kier alpha value is -2.48. The van der Waals surface area contributed by atoms with E-state index in [0.29, 0.717) is 19.0 Å². The van der Waals surface area contributed by atoms with E-state index in [1.807, 2.05) is 23.9 Å². The Balaban J connectivity index is 1.99. The van der Waals surface area contributed by atoms with E-state index >= 15 is 0 Å². The number of benzene rings is 1. The van der Waals surface area contributed by atoms with Crippen LogP contribution in [0.2, 0.25) is 0 Å². The molecule has 0 amide bonds. The van der Waals surface area contributed by atoms with E-state index < -0.39 is 17.7 Å². The molecule has 0 saturated heterocycles. The van der Waals surface area contributed by atoms with Gasteiger partial charge in [0.25, 0.3) is 0 Å². The van der Waals surface area contributed by atoms with Gasteiger partial charge in [-0.3, -0.25) is 9.67 Å². The minimum atomic E-state index is -0.555. The second-order valence-corrected chi connectivity index (χ2v) is 6.38. The van der Waals surface area contributed by atoms with Crippen LogP contribution in [0, 0.1) is 11.6 Å².